The number of hydrogen-bond donors (Lipinski definition) is 2. The molecule has 0 fully saturated rings. The zero-order valence-electron chi connectivity index (χ0n) is 17.4. The van der Waals surface area contributed by atoms with Gasteiger partial charge in [-0.15, -0.1) is 0 Å². The molecule has 0 unspecified atom stereocenters. The maximum Gasteiger partial charge on any atom is 0.226 e. The van der Waals surface area contributed by atoms with Crippen LogP contribution in [0.3, 0.4) is 0 Å². The topological polar surface area (TPSA) is 98.6 Å². The summed E-state index contributed by atoms with van der Waals surface area (Å²) < 4.78 is 10.5. The van der Waals surface area contributed by atoms with Crippen LogP contribution >= 0.6 is 0 Å². The number of aryl methyl sites for hydroxylation is 1. The van der Waals surface area contributed by atoms with Gasteiger partial charge in [0.25, 0.3) is 0 Å². The number of nitrogens with one attached hydrogen (secondary N) is 1. The van der Waals surface area contributed by atoms with Crippen molar-refractivity contribution in [3.8, 4) is 17.1 Å². The highest BCUT2D eigenvalue weighted by Crippen LogP contribution is 2.20. The van der Waals surface area contributed by atoms with E-state index in [2.05, 4.69) is 32.6 Å². The summed E-state index contributed by atoms with van der Waals surface area (Å²) >= 11 is 0. The molecule has 7 heteroatoms. The number of benzene rings is 2. The van der Waals surface area contributed by atoms with Crippen molar-refractivity contribution >= 4 is 5.96 Å². The third-order valence-electron chi connectivity index (χ3n) is 4.71. The molecule has 0 saturated carbocycles. The quantitative estimate of drug-likeness (QED) is 0.286. The van der Waals surface area contributed by atoms with Gasteiger partial charge in [-0.05, 0) is 49.1 Å². The molecular formula is C23H29N5O2. The summed E-state index contributed by atoms with van der Waals surface area (Å²) in [5.41, 5.74) is 8.12. The lowest BCUT2D eigenvalue weighted by Crippen LogP contribution is -2.33. The lowest BCUT2D eigenvalue weighted by atomic mass is 10.1. The average molecular weight is 408 g/mol. The van der Waals surface area contributed by atoms with Gasteiger partial charge in [-0.1, -0.05) is 41.9 Å². The van der Waals surface area contributed by atoms with Crippen molar-refractivity contribution in [1.29, 1.82) is 0 Å². The van der Waals surface area contributed by atoms with E-state index < -0.39 is 0 Å². The molecule has 0 saturated heterocycles. The van der Waals surface area contributed by atoms with Crippen LogP contribution in [0.5, 0.6) is 5.75 Å². The zero-order chi connectivity index (χ0) is 21.0. The fourth-order valence-electron chi connectivity index (χ4n) is 3.01. The van der Waals surface area contributed by atoms with Gasteiger partial charge in [-0.25, -0.2) is 0 Å². The maximum atomic E-state index is 5.92. The minimum atomic E-state index is 0.506. The summed E-state index contributed by atoms with van der Waals surface area (Å²) in [6.07, 6.45) is 4.67. The molecule has 0 aliphatic rings. The largest absolute Gasteiger partial charge is 0.497 e. The summed E-state index contributed by atoms with van der Waals surface area (Å²) in [5.74, 6) is 2.57. The lowest BCUT2D eigenvalue weighted by Gasteiger charge is -2.05. The van der Waals surface area contributed by atoms with Crippen LogP contribution in [0.2, 0.25) is 0 Å². The molecule has 7 nitrogen and oxygen atoms in total. The van der Waals surface area contributed by atoms with E-state index in [1.54, 1.807) is 7.11 Å². The fourth-order valence-corrected chi connectivity index (χ4v) is 3.01. The second-order valence-corrected chi connectivity index (χ2v) is 6.98. The van der Waals surface area contributed by atoms with Crippen LogP contribution in [-0.4, -0.2) is 36.3 Å². The first-order valence-electron chi connectivity index (χ1n) is 10.3. The van der Waals surface area contributed by atoms with Gasteiger partial charge in [0.15, 0.2) is 5.96 Å². The minimum Gasteiger partial charge on any atom is -0.497 e. The van der Waals surface area contributed by atoms with E-state index >= 15 is 0 Å². The van der Waals surface area contributed by atoms with Gasteiger partial charge < -0.3 is 20.3 Å². The Morgan fingerprint density at radius 3 is 2.60 bits per heavy atom. The lowest BCUT2D eigenvalue weighted by molar-refractivity contribution is 0.374. The predicted octanol–water partition coefficient (Wildman–Crippen LogP) is 3.61. The molecule has 158 valence electrons. The van der Waals surface area contributed by atoms with E-state index in [-0.39, 0.29) is 0 Å². The SMILES string of the molecule is COc1ccc(-c2noc(CCCCCN=C(N)NCCc3ccccc3)n2)cc1. The summed E-state index contributed by atoms with van der Waals surface area (Å²) in [6, 6.07) is 17.9. The van der Waals surface area contributed by atoms with Gasteiger partial charge in [-0.2, -0.15) is 4.98 Å². The molecule has 0 amide bonds. The molecule has 0 aliphatic carbocycles. The summed E-state index contributed by atoms with van der Waals surface area (Å²) in [5, 5.41) is 7.22. The normalized spacial score (nSPS) is 11.4. The zero-order valence-corrected chi connectivity index (χ0v) is 17.4. The fraction of sp³-hybridized carbons (Fsp3) is 0.348. The van der Waals surface area contributed by atoms with Gasteiger partial charge in [-0.3, -0.25) is 4.99 Å². The molecule has 2 aromatic carbocycles. The molecule has 0 aliphatic heterocycles. The van der Waals surface area contributed by atoms with Crippen molar-refractivity contribution in [3.05, 3.63) is 66.1 Å². The van der Waals surface area contributed by atoms with E-state index in [9.17, 15) is 0 Å². The number of aromatic nitrogens is 2. The van der Waals surface area contributed by atoms with Gasteiger partial charge in [0.05, 0.1) is 7.11 Å². The van der Waals surface area contributed by atoms with Crippen LogP contribution in [0, 0.1) is 0 Å². The number of guanidine groups is 1. The van der Waals surface area contributed by atoms with Crippen molar-refractivity contribution in [2.45, 2.75) is 32.1 Å². The highest BCUT2D eigenvalue weighted by molar-refractivity contribution is 5.77. The molecule has 0 bridgehead atoms. The Morgan fingerprint density at radius 2 is 1.83 bits per heavy atom. The molecule has 3 aromatic rings. The van der Waals surface area contributed by atoms with Crippen molar-refractivity contribution in [2.75, 3.05) is 20.2 Å². The van der Waals surface area contributed by atoms with Gasteiger partial charge >= 0.3 is 0 Å². The van der Waals surface area contributed by atoms with E-state index in [4.69, 9.17) is 15.0 Å². The maximum absolute atomic E-state index is 5.92. The average Bonchev–Trinajstić information content (AvgIpc) is 3.26. The van der Waals surface area contributed by atoms with Gasteiger partial charge in [0.1, 0.15) is 5.75 Å². The molecule has 0 radical (unpaired) electrons. The number of nitrogens with zero attached hydrogens (tertiary/aromatic N) is 3. The molecular weight excluding hydrogens is 378 g/mol. The third kappa shape index (κ3) is 6.92. The standard InChI is InChI=1S/C23H29N5O2/c1-29-20-13-11-19(12-14-20)22-27-21(30-28-22)10-6-3-7-16-25-23(24)26-17-15-18-8-4-2-5-9-18/h2,4-5,8-9,11-14H,3,6-7,10,15-17H2,1H3,(H3,24,25,26). The number of nitrogens with two attached hydrogens (primary N) is 1. The number of ether oxygens (including phenoxy) is 1. The molecule has 3 rings (SSSR count). The van der Waals surface area contributed by atoms with E-state index in [0.717, 1.165) is 50.0 Å². The summed E-state index contributed by atoms with van der Waals surface area (Å²) in [7, 11) is 1.64. The molecule has 3 N–H and O–H groups in total. The molecule has 1 aromatic heterocycles. The van der Waals surface area contributed by atoms with Crippen LogP contribution in [0.15, 0.2) is 64.1 Å². The van der Waals surface area contributed by atoms with Gasteiger partial charge in [0.2, 0.25) is 11.7 Å². The number of hydrogen-bond acceptors (Lipinski definition) is 5. The van der Waals surface area contributed by atoms with E-state index in [0.29, 0.717) is 24.2 Å². The van der Waals surface area contributed by atoms with Crippen molar-refractivity contribution in [1.82, 2.24) is 15.5 Å². The van der Waals surface area contributed by atoms with Crippen molar-refractivity contribution in [2.24, 2.45) is 10.7 Å². The minimum absolute atomic E-state index is 0.506. The number of rotatable bonds is 11. The van der Waals surface area contributed by atoms with Crippen LogP contribution in [0.4, 0.5) is 0 Å². The molecule has 30 heavy (non-hydrogen) atoms. The molecule has 0 atom stereocenters. The number of methoxy groups -OCH3 is 1. The van der Waals surface area contributed by atoms with Gasteiger partial charge in [0, 0.05) is 25.1 Å². The Bertz CT molecular complexity index is 907. The first-order chi connectivity index (χ1) is 14.7. The number of unbranched alkanes of at least 4 members (excludes halogenated alkanes) is 2. The van der Waals surface area contributed by atoms with Crippen LogP contribution < -0.4 is 15.8 Å². The Balaban J connectivity index is 1.29. The monoisotopic (exact) mass is 407 g/mol. The van der Waals surface area contributed by atoms with Crippen molar-refractivity contribution < 1.29 is 9.26 Å². The summed E-state index contributed by atoms with van der Waals surface area (Å²) in [4.78, 5) is 8.84. The Morgan fingerprint density at radius 1 is 1.03 bits per heavy atom. The highest BCUT2D eigenvalue weighted by Gasteiger charge is 2.08. The predicted molar refractivity (Wildman–Crippen MR) is 118 cm³/mol. The van der Waals surface area contributed by atoms with Crippen LogP contribution in [-0.2, 0) is 12.8 Å². The van der Waals surface area contributed by atoms with Crippen LogP contribution in [0.1, 0.15) is 30.7 Å². The Hall–Kier alpha value is -3.35. The second kappa shape index (κ2) is 11.6. The molecule has 1 heterocycles. The molecule has 0 spiro atoms. The number of aliphatic imine (C=N–C) groups is 1. The first kappa shape index (κ1) is 21.4. The smallest absolute Gasteiger partial charge is 0.226 e. The Kier molecular flexibility index (Phi) is 8.26. The van der Waals surface area contributed by atoms with Crippen LogP contribution in [0.25, 0.3) is 11.4 Å². The highest BCUT2D eigenvalue weighted by atomic mass is 16.5. The second-order valence-electron chi connectivity index (χ2n) is 6.98. The van der Waals surface area contributed by atoms with E-state index in [1.807, 2.05) is 42.5 Å². The Labute approximate surface area is 177 Å². The first-order valence-corrected chi connectivity index (χ1v) is 10.3. The van der Waals surface area contributed by atoms with E-state index in [1.165, 1.54) is 5.56 Å². The summed E-state index contributed by atoms with van der Waals surface area (Å²) in [6.45, 7) is 1.50. The van der Waals surface area contributed by atoms with Crippen molar-refractivity contribution in [3.63, 3.8) is 0 Å². The third-order valence-corrected chi connectivity index (χ3v) is 4.71.